The Labute approximate surface area is 170 Å². The van der Waals surface area contributed by atoms with Gasteiger partial charge in [-0.1, -0.05) is 97.1 Å². The first-order valence-electron chi connectivity index (χ1n) is 10.2. The van der Waals surface area contributed by atoms with Crippen LogP contribution in [0.5, 0.6) is 0 Å². The number of benzene rings is 5. The topological polar surface area (TPSA) is 0 Å². The van der Waals surface area contributed by atoms with Gasteiger partial charge >= 0.3 is 0 Å². The third kappa shape index (κ3) is 2.68. The Morgan fingerprint density at radius 2 is 1.21 bits per heavy atom. The summed E-state index contributed by atoms with van der Waals surface area (Å²) >= 11 is 0. The van der Waals surface area contributed by atoms with Gasteiger partial charge < -0.3 is 0 Å². The van der Waals surface area contributed by atoms with Crippen molar-refractivity contribution in [1.82, 2.24) is 0 Å². The summed E-state index contributed by atoms with van der Waals surface area (Å²) in [5, 5.41) is 5.22. The van der Waals surface area contributed by atoms with Gasteiger partial charge in [0.1, 0.15) is 0 Å². The van der Waals surface area contributed by atoms with Gasteiger partial charge in [-0.2, -0.15) is 0 Å². The van der Waals surface area contributed by atoms with Crippen molar-refractivity contribution in [3.63, 3.8) is 0 Å². The second-order valence-electron chi connectivity index (χ2n) is 7.81. The van der Waals surface area contributed by atoms with Crippen molar-refractivity contribution in [2.24, 2.45) is 0 Å². The number of hydrogen-bond donors (Lipinski definition) is 0. The molecule has 0 saturated carbocycles. The lowest BCUT2D eigenvalue weighted by atomic mass is 9.91. The molecule has 0 heterocycles. The molecule has 0 heteroatoms. The van der Waals surface area contributed by atoms with E-state index in [-0.39, 0.29) is 0 Å². The van der Waals surface area contributed by atoms with E-state index in [1.807, 2.05) is 0 Å². The van der Waals surface area contributed by atoms with E-state index in [1.54, 1.807) is 0 Å². The van der Waals surface area contributed by atoms with E-state index in [0.717, 1.165) is 6.42 Å². The third-order valence-electron chi connectivity index (χ3n) is 6.09. The standard InChI is InChI=1S/C29H20/c1-2-8-20(9-3-1)25-17-24-13-7-15-27(29(24)19-25)26-14-6-12-23-16-21-10-4-5-11-22(21)18-28(23)26/h1-18H,19H2. The molecule has 5 aromatic rings. The van der Waals surface area contributed by atoms with Crippen LogP contribution < -0.4 is 0 Å². The fourth-order valence-electron chi connectivity index (χ4n) is 4.66. The highest BCUT2D eigenvalue weighted by Crippen LogP contribution is 2.40. The van der Waals surface area contributed by atoms with E-state index < -0.39 is 0 Å². The van der Waals surface area contributed by atoms with Crippen LogP contribution >= 0.6 is 0 Å². The third-order valence-corrected chi connectivity index (χ3v) is 6.09. The van der Waals surface area contributed by atoms with Gasteiger partial charge in [0.15, 0.2) is 0 Å². The Bertz CT molecular complexity index is 1400. The maximum absolute atomic E-state index is 2.36. The fourth-order valence-corrected chi connectivity index (χ4v) is 4.66. The molecular formula is C29H20. The molecule has 0 aliphatic heterocycles. The summed E-state index contributed by atoms with van der Waals surface area (Å²) in [4.78, 5) is 0. The predicted octanol–water partition coefficient (Wildman–Crippen LogP) is 7.76. The SMILES string of the molecule is C1=C(c2ccccc2)Cc2c1cccc2-c1cccc2cc3ccccc3cc12. The molecule has 0 radical (unpaired) electrons. The summed E-state index contributed by atoms with van der Waals surface area (Å²) in [5.74, 6) is 0. The number of hydrogen-bond acceptors (Lipinski definition) is 0. The first-order valence-corrected chi connectivity index (χ1v) is 10.2. The number of fused-ring (bicyclic) bond motifs is 3. The van der Waals surface area contributed by atoms with Gasteiger partial charge in [-0.3, -0.25) is 0 Å². The quantitative estimate of drug-likeness (QED) is 0.279. The minimum Gasteiger partial charge on any atom is -0.0622 e. The van der Waals surface area contributed by atoms with Crippen molar-refractivity contribution in [1.29, 1.82) is 0 Å². The zero-order valence-corrected chi connectivity index (χ0v) is 16.1. The maximum atomic E-state index is 2.36. The zero-order valence-electron chi connectivity index (χ0n) is 16.1. The van der Waals surface area contributed by atoms with Crippen LogP contribution in [0.15, 0.2) is 103 Å². The summed E-state index contributed by atoms with van der Waals surface area (Å²) in [5.41, 5.74) is 8.18. The lowest BCUT2D eigenvalue weighted by Gasteiger charge is -2.13. The van der Waals surface area contributed by atoms with Gasteiger partial charge in [-0.25, -0.2) is 0 Å². The van der Waals surface area contributed by atoms with Gasteiger partial charge in [0.2, 0.25) is 0 Å². The van der Waals surface area contributed by atoms with Crippen LogP contribution in [-0.2, 0) is 6.42 Å². The first-order chi connectivity index (χ1) is 14.4. The molecule has 0 unspecified atom stereocenters. The second kappa shape index (κ2) is 6.46. The Morgan fingerprint density at radius 3 is 2.07 bits per heavy atom. The minimum atomic E-state index is 0.986. The molecule has 0 N–H and O–H groups in total. The molecule has 1 aliphatic rings. The average Bonchev–Trinajstić information content (AvgIpc) is 3.22. The van der Waals surface area contributed by atoms with Gasteiger partial charge in [0, 0.05) is 0 Å². The van der Waals surface area contributed by atoms with Crippen LogP contribution in [0.1, 0.15) is 16.7 Å². The maximum Gasteiger partial charge on any atom is -0.000750 e. The highest BCUT2D eigenvalue weighted by atomic mass is 14.2. The van der Waals surface area contributed by atoms with Crippen molar-refractivity contribution in [3.05, 3.63) is 120 Å². The molecule has 136 valence electrons. The van der Waals surface area contributed by atoms with Crippen LogP contribution in [0.4, 0.5) is 0 Å². The molecule has 0 saturated heterocycles. The van der Waals surface area contributed by atoms with E-state index in [1.165, 1.54) is 54.9 Å². The first kappa shape index (κ1) is 16.3. The van der Waals surface area contributed by atoms with Crippen molar-refractivity contribution in [3.8, 4) is 11.1 Å². The van der Waals surface area contributed by atoms with E-state index in [4.69, 9.17) is 0 Å². The molecule has 6 rings (SSSR count). The van der Waals surface area contributed by atoms with Crippen LogP contribution in [0, 0.1) is 0 Å². The van der Waals surface area contributed by atoms with Gasteiger partial charge in [-0.05, 0) is 73.5 Å². The van der Waals surface area contributed by atoms with Gasteiger partial charge in [-0.15, -0.1) is 0 Å². The smallest absolute Gasteiger partial charge is 0.000750 e. The highest BCUT2D eigenvalue weighted by Gasteiger charge is 2.19. The molecular weight excluding hydrogens is 348 g/mol. The normalized spacial score (nSPS) is 12.9. The predicted molar refractivity (Wildman–Crippen MR) is 125 cm³/mol. The lowest BCUT2D eigenvalue weighted by molar-refractivity contribution is 1.32. The molecule has 0 atom stereocenters. The van der Waals surface area contributed by atoms with E-state index in [2.05, 4.69) is 109 Å². The molecule has 0 nitrogen and oxygen atoms in total. The molecule has 5 aromatic carbocycles. The lowest BCUT2D eigenvalue weighted by Crippen LogP contribution is -1.92. The van der Waals surface area contributed by atoms with Gasteiger partial charge in [0.05, 0.1) is 0 Å². The molecule has 0 amide bonds. The van der Waals surface area contributed by atoms with E-state index in [0.29, 0.717) is 0 Å². The summed E-state index contributed by atoms with van der Waals surface area (Å²) < 4.78 is 0. The summed E-state index contributed by atoms with van der Waals surface area (Å²) in [7, 11) is 0. The zero-order chi connectivity index (χ0) is 19.2. The number of rotatable bonds is 2. The highest BCUT2D eigenvalue weighted by molar-refractivity contribution is 6.06. The van der Waals surface area contributed by atoms with Crippen LogP contribution in [0.2, 0.25) is 0 Å². The van der Waals surface area contributed by atoms with Gasteiger partial charge in [0.25, 0.3) is 0 Å². The Hall–Kier alpha value is -3.64. The molecule has 0 fully saturated rings. The Balaban J connectivity index is 1.53. The Kier molecular flexibility index (Phi) is 3.64. The summed E-state index contributed by atoms with van der Waals surface area (Å²) in [6, 6.07) is 37.4. The molecule has 29 heavy (non-hydrogen) atoms. The monoisotopic (exact) mass is 368 g/mol. The van der Waals surface area contributed by atoms with Crippen LogP contribution in [-0.4, -0.2) is 0 Å². The van der Waals surface area contributed by atoms with Crippen molar-refractivity contribution in [2.45, 2.75) is 6.42 Å². The molecule has 0 aromatic heterocycles. The fraction of sp³-hybridized carbons (Fsp3) is 0.0345. The van der Waals surface area contributed by atoms with Crippen LogP contribution in [0.25, 0.3) is 44.3 Å². The molecule has 0 bridgehead atoms. The van der Waals surface area contributed by atoms with E-state index >= 15 is 0 Å². The second-order valence-corrected chi connectivity index (χ2v) is 7.81. The minimum absolute atomic E-state index is 0.986. The summed E-state index contributed by atoms with van der Waals surface area (Å²) in [6.45, 7) is 0. The summed E-state index contributed by atoms with van der Waals surface area (Å²) in [6.07, 6.45) is 3.34. The molecule has 0 spiro atoms. The Morgan fingerprint density at radius 1 is 0.517 bits per heavy atom. The van der Waals surface area contributed by atoms with Crippen molar-refractivity contribution in [2.75, 3.05) is 0 Å². The molecule has 1 aliphatic carbocycles. The van der Waals surface area contributed by atoms with Crippen molar-refractivity contribution >= 4 is 33.2 Å². The average molecular weight is 368 g/mol. The van der Waals surface area contributed by atoms with Crippen molar-refractivity contribution < 1.29 is 0 Å². The van der Waals surface area contributed by atoms with E-state index in [9.17, 15) is 0 Å². The van der Waals surface area contributed by atoms with Crippen LogP contribution in [0.3, 0.4) is 0 Å². The number of allylic oxidation sites excluding steroid dienone is 1. The largest absolute Gasteiger partial charge is 0.0622 e.